The summed E-state index contributed by atoms with van der Waals surface area (Å²) in [6, 6.07) is 0. The minimum atomic E-state index is 0.767. The summed E-state index contributed by atoms with van der Waals surface area (Å²) in [4.78, 5) is 5.31. The van der Waals surface area contributed by atoms with Crippen LogP contribution in [0.2, 0.25) is 0 Å². The quantitative estimate of drug-likeness (QED) is 0.700. The molecule has 0 saturated carbocycles. The molecule has 0 atom stereocenters. The van der Waals surface area contributed by atoms with E-state index >= 15 is 0 Å². The first-order valence-corrected chi connectivity index (χ1v) is 5.12. The van der Waals surface area contributed by atoms with E-state index in [-0.39, 0.29) is 0 Å². The van der Waals surface area contributed by atoms with Gasteiger partial charge in [0.25, 0.3) is 0 Å². The maximum absolute atomic E-state index is 5.33. The van der Waals surface area contributed by atoms with E-state index in [1.54, 1.807) is 11.3 Å². The van der Waals surface area contributed by atoms with Crippen molar-refractivity contribution in [2.75, 3.05) is 12.3 Å². The number of thioether (sulfide) groups is 1. The molecule has 0 amide bonds. The van der Waals surface area contributed by atoms with Crippen molar-refractivity contribution in [1.29, 1.82) is 0 Å². The van der Waals surface area contributed by atoms with Crippen molar-refractivity contribution < 1.29 is 0 Å². The highest BCUT2D eigenvalue weighted by Gasteiger charge is 1.92. The Bertz CT molecular complexity index is 162. The van der Waals surface area contributed by atoms with Gasteiger partial charge in [0, 0.05) is 29.1 Å². The fourth-order valence-electron chi connectivity index (χ4n) is 0.570. The van der Waals surface area contributed by atoms with Crippen LogP contribution in [-0.4, -0.2) is 17.3 Å². The Morgan fingerprint density at radius 3 is 3.20 bits per heavy atom. The predicted molar refractivity (Wildman–Crippen MR) is 47.3 cm³/mol. The summed E-state index contributed by atoms with van der Waals surface area (Å²) in [6.45, 7) is 0.767. The molecule has 1 aromatic heterocycles. The fraction of sp³-hybridized carbons (Fsp3) is 0.500. The van der Waals surface area contributed by atoms with E-state index < -0.39 is 0 Å². The summed E-state index contributed by atoms with van der Waals surface area (Å²) in [5.41, 5.74) is 7.19. The largest absolute Gasteiger partial charge is 0.330 e. The number of aromatic nitrogens is 1. The van der Waals surface area contributed by atoms with Crippen LogP contribution in [0.15, 0.2) is 11.7 Å². The van der Waals surface area contributed by atoms with Gasteiger partial charge in [0.05, 0.1) is 5.51 Å². The first-order valence-electron chi connectivity index (χ1n) is 3.08. The average Bonchev–Trinajstić information content (AvgIpc) is 2.41. The molecule has 1 rings (SSSR count). The van der Waals surface area contributed by atoms with Crippen LogP contribution in [-0.2, 0) is 5.75 Å². The van der Waals surface area contributed by atoms with E-state index in [4.69, 9.17) is 5.73 Å². The van der Waals surface area contributed by atoms with E-state index in [0.29, 0.717) is 0 Å². The average molecular weight is 174 g/mol. The smallest absolute Gasteiger partial charge is 0.0794 e. The second-order valence-electron chi connectivity index (χ2n) is 1.81. The van der Waals surface area contributed by atoms with Crippen LogP contribution in [0.5, 0.6) is 0 Å². The molecule has 0 spiro atoms. The first-order chi connectivity index (χ1) is 4.93. The third-order valence-corrected chi connectivity index (χ3v) is 2.99. The van der Waals surface area contributed by atoms with Crippen LogP contribution in [0.1, 0.15) is 4.88 Å². The number of nitrogens with zero attached hydrogens (tertiary/aromatic N) is 1. The van der Waals surface area contributed by atoms with E-state index in [1.165, 1.54) is 4.88 Å². The third-order valence-electron chi connectivity index (χ3n) is 0.990. The van der Waals surface area contributed by atoms with Gasteiger partial charge in [-0.2, -0.15) is 11.8 Å². The van der Waals surface area contributed by atoms with Gasteiger partial charge < -0.3 is 5.73 Å². The molecule has 56 valence electrons. The van der Waals surface area contributed by atoms with Gasteiger partial charge in [-0.3, -0.25) is 4.98 Å². The summed E-state index contributed by atoms with van der Waals surface area (Å²) in [6.07, 6.45) is 1.91. The minimum absolute atomic E-state index is 0.767. The summed E-state index contributed by atoms with van der Waals surface area (Å²) in [7, 11) is 0. The van der Waals surface area contributed by atoms with Gasteiger partial charge in [0.2, 0.25) is 0 Å². The van der Waals surface area contributed by atoms with Crippen LogP contribution >= 0.6 is 23.1 Å². The standard InChI is InChI=1S/C6H10N2S2/c7-1-2-9-4-6-3-8-5-10-6/h3,5H,1-2,4,7H2. The molecular formula is C6H10N2S2. The predicted octanol–water partition coefficient (Wildman–Crippen LogP) is 1.33. The zero-order valence-electron chi connectivity index (χ0n) is 5.62. The van der Waals surface area contributed by atoms with Crippen LogP contribution in [0.4, 0.5) is 0 Å². The van der Waals surface area contributed by atoms with Crippen molar-refractivity contribution in [3.8, 4) is 0 Å². The van der Waals surface area contributed by atoms with Crippen molar-refractivity contribution in [2.45, 2.75) is 5.75 Å². The van der Waals surface area contributed by atoms with E-state index in [2.05, 4.69) is 4.98 Å². The molecule has 0 radical (unpaired) electrons. The van der Waals surface area contributed by atoms with Gasteiger partial charge in [0.15, 0.2) is 0 Å². The van der Waals surface area contributed by atoms with Crippen LogP contribution in [0, 0.1) is 0 Å². The minimum Gasteiger partial charge on any atom is -0.330 e. The van der Waals surface area contributed by atoms with Crippen molar-refractivity contribution in [1.82, 2.24) is 4.98 Å². The molecular weight excluding hydrogens is 164 g/mol. The summed E-state index contributed by atoms with van der Waals surface area (Å²) < 4.78 is 0. The molecule has 1 aromatic rings. The second kappa shape index (κ2) is 4.71. The lowest BCUT2D eigenvalue weighted by Crippen LogP contribution is -2.00. The fourth-order valence-corrected chi connectivity index (χ4v) is 2.06. The lowest BCUT2D eigenvalue weighted by Gasteiger charge is -1.93. The van der Waals surface area contributed by atoms with Crippen LogP contribution in [0.25, 0.3) is 0 Å². The number of hydrogen-bond acceptors (Lipinski definition) is 4. The molecule has 1 heterocycles. The van der Waals surface area contributed by atoms with E-state index in [0.717, 1.165) is 18.1 Å². The molecule has 0 aliphatic rings. The molecule has 0 unspecified atom stereocenters. The third kappa shape index (κ3) is 2.68. The Labute approximate surface area is 68.8 Å². The molecule has 0 aromatic carbocycles. The Kier molecular flexibility index (Phi) is 3.79. The van der Waals surface area contributed by atoms with E-state index in [9.17, 15) is 0 Å². The molecule has 4 heteroatoms. The van der Waals surface area contributed by atoms with Crippen LogP contribution < -0.4 is 5.73 Å². The summed E-state index contributed by atoms with van der Waals surface area (Å²) in [5.74, 6) is 2.10. The van der Waals surface area contributed by atoms with Crippen molar-refractivity contribution >= 4 is 23.1 Å². The van der Waals surface area contributed by atoms with Crippen molar-refractivity contribution in [3.63, 3.8) is 0 Å². The number of rotatable bonds is 4. The van der Waals surface area contributed by atoms with Gasteiger partial charge in [0.1, 0.15) is 0 Å². The Morgan fingerprint density at radius 1 is 1.70 bits per heavy atom. The Hall–Kier alpha value is -0.0600. The SMILES string of the molecule is NCCSCc1cncs1. The lowest BCUT2D eigenvalue weighted by molar-refractivity contribution is 1.15. The van der Waals surface area contributed by atoms with Gasteiger partial charge >= 0.3 is 0 Å². The van der Waals surface area contributed by atoms with Gasteiger partial charge in [-0.25, -0.2) is 0 Å². The monoisotopic (exact) mass is 174 g/mol. The number of hydrogen-bond donors (Lipinski definition) is 1. The summed E-state index contributed by atoms with van der Waals surface area (Å²) >= 11 is 3.56. The van der Waals surface area contributed by atoms with Gasteiger partial charge in [-0.05, 0) is 0 Å². The zero-order chi connectivity index (χ0) is 7.23. The van der Waals surface area contributed by atoms with Crippen molar-refractivity contribution in [2.24, 2.45) is 5.73 Å². The number of thiazole rings is 1. The highest BCUT2D eigenvalue weighted by atomic mass is 32.2. The second-order valence-corrected chi connectivity index (χ2v) is 3.89. The highest BCUT2D eigenvalue weighted by Crippen LogP contribution is 2.14. The maximum Gasteiger partial charge on any atom is 0.0794 e. The van der Waals surface area contributed by atoms with Crippen LogP contribution in [0.3, 0.4) is 0 Å². The van der Waals surface area contributed by atoms with Crippen molar-refractivity contribution in [3.05, 3.63) is 16.6 Å². The Balaban J connectivity index is 2.15. The molecule has 0 saturated heterocycles. The zero-order valence-corrected chi connectivity index (χ0v) is 7.25. The Morgan fingerprint density at radius 2 is 2.60 bits per heavy atom. The molecule has 0 aliphatic carbocycles. The molecule has 2 nitrogen and oxygen atoms in total. The molecule has 0 fully saturated rings. The lowest BCUT2D eigenvalue weighted by atomic mass is 10.6. The molecule has 2 N–H and O–H groups in total. The topological polar surface area (TPSA) is 38.9 Å². The normalized spacial score (nSPS) is 10.1. The number of nitrogens with two attached hydrogens (primary N) is 1. The highest BCUT2D eigenvalue weighted by molar-refractivity contribution is 7.98. The van der Waals surface area contributed by atoms with E-state index in [1.807, 2.05) is 23.5 Å². The molecule has 0 aliphatic heterocycles. The molecule has 10 heavy (non-hydrogen) atoms. The molecule has 0 bridgehead atoms. The summed E-state index contributed by atoms with van der Waals surface area (Å²) in [5, 5.41) is 0. The maximum atomic E-state index is 5.33. The van der Waals surface area contributed by atoms with Gasteiger partial charge in [-0.15, -0.1) is 11.3 Å². The van der Waals surface area contributed by atoms with Gasteiger partial charge in [-0.1, -0.05) is 0 Å². The first kappa shape index (κ1) is 8.04.